The van der Waals surface area contributed by atoms with E-state index in [1.807, 2.05) is 18.2 Å². The van der Waals surface area contributed by atoms with Crippen molar-refractivity contribution in [3.63, 3.8) is 0 Å². The van der Waals surface area contributed by atoms with Crippen LogP contribution in [0.25, 0.3) is 0 Å². The van der Waals surface area contributed by atoms with Crippen molar-refractivity contribution < 1.29 is 9.59 Å². The molecule has 0 radical (unpaired) electrons. The minimum atomic E-state index is -0.151. The molecule has 1 aliphatic carbocycles. The van der Waals surface area contributed by atoms with Crippen LogP contribution in [-0.4, -0.2) is 22.0 Å². The molecule has 0 saturated carbocycles. The highest BCUT2D eigenvalue weighted by atomic mass is 16.2. The number of rotatable bonds is 3. The third-order valence-corrected chi connectivity index (χ3v) is 4.97. The van der Waals surface area contributed by atoms with Gasteiger partial charge >= 0.3 is 0 Å². The second-order valence-corrected chi connectivity index (χ2v) is 6.63. The van der Waals surface area contributed by atoms with Crippen molar-refractivity contribution in [2.45, 2.75) is 44.9 Å². The summed E-state index contributed by atoms with van der Waals surface area (Å²) in [4.78, 5) is 37.1. The topological polar surface area (TPSA) is 83.1 Å². The van der Waals surface area contributed by atoms with Crippen molar-refractivity contribution in [1.82, 2.24) is 10.2 Å². The van der Waals surface area contributed by atoms with Crippen LogP contribution in [0.2, 0.25) is 0 Å². The molecule has 0 bridgehead atoms. The van der Waals surface area contributed by atoms with Gasteiger partial charge in [-0.25, -0.2) is 5.10 Å². The Morgan fingerprint density at radius 1 is 0.960 bits per heavy atom. The molecule has 0 atom stereocenters. The van der Waals surface area contributed by atoms with Gasteiger partial charge in [-0.3, -0.25) is 19.3 Å². The molecule has 6 nitrogen and oxygen atoms in total. The van der Waals surface area contributed by atoms with E-state index < -0.39 is 0 Å². The predicted molar refractivity (Wildman–Crippen MR) is 92.5 cm³/mol. The molecule has 2 heterocycles. The SMILES string of the molecule is O=C1CCC(=O)N1c1cccc(Cc2n[nH]c(=O)c3c2CCCC3)c1. The summed E-state index contributed by atoms with van der Waals surface area (Å²) in [5.74, 6) is -0.302. The lowest BCUT2D eigenvalue weighted by Crippen LogP contribution is -2.28. The molecule has 6 heteroatoms. The van der Waals surface area contributed by atoms with Crippen LogP contribution in [0, 0.1) is 0 Å². The largest absolute Gasteiger partial charge is 0.274 e. The minimum Gasteiger partial charge on any atom is -0.274 e. The van der Waals surface area contributed by atoms with Crippen LogP contribution in [-0.2, 0) is 28.9 Å². The van der Waals surface area contributed by atoms with Gasteiger partial charge < -0.3 is 0 Å². The van der Waals surface area contributed by atoms with Crippen molar-refractivity contribution in [1.29, 1.82) is 0 Å². The molecule has 2 aliphatic rings. The van der Waals surface area contributed by atoms with Crippen molar-refractivity contribution in [2.75, 3.05) is 4.90 Å². The van der Waals surface area contributed by atoms with Crippen LogP contribution < -0.4 is 10.5 Å². The molecule has 2 amide bonds. The normalized spacial score (nSPS) is 17.0. The van der Waals surface area contributed by atoms with Gasteiger partial charge in [-0.1, -0.05) is 12.1 Å². The Kier molecular flexibility index (Phi) is 3.95. The maximum Gasteiger partial charge on any atom is 0.267 e. The zero-order chi connectivity index (χ0) is 17.4. The number of aromatic amines is 1. The fourth-order valence-electron chi connectivity index (χ4n) is 3.74. The van der Waals surface area contributed by atoms with Gasteiger partial charge in [-0.15, -0.1) is 0 Å². The van der Waals surface area contributed by atoms with Gasteiger partial charge in [0, 0.05) is 24.8 Å². The first-order chi connectivity index (χ1) is 12.1. The molecular formula is C19H19N3O3. The molecule has 0 unspecified atom stereocenters. The quantitative estimate of drug-likeness (QED) is 0.867. The van der Waals surface area contributed by atoms with E-state index in [1.165, 1.54) is 4.90 Å². The van der Waals surface area contributed by atoms with E-state index in [9.17, 15) is 14.4 Å². The summed E-state index contributed by atoms with van der Waals surface area (Å²) in [5, 5.41) is 6.87. The number of anilines is 1. The van der Waals surface area contributed by atoms with Gasteiger partial charge in [0.1, 0.15) is 0 Å². The van der Waals surface area contributed by atoms with E-state index in [2.05, 4.69) is 10.2 Å². The Bertz CT molecular complexity index is 900. The van der Waals surface area contributed by atoms with Crippen molar-refractivity contribution in [2.24, 2.45) is 0 Å². The Morgan fingerprint density at radius 3 is 2.44 bits per heavy atom. The second-order valence-electron chi connectivity index (χ2n) is 6.63. The summed E-state index contributed by atoms with van der Waals surface area (Å²) in [5.41, 5.74) is 4.30. The van der Waals surface area contributed by atoms with Crippen molar-refractivity contribution in [3.8, 4) is 0 Å². The maximum absolute atomic E-state index is 12.0. The number of carbonyl (C=O) groups excluding carboxylic acids is 2. The molecule has 2 aromatic rings. The van der Waals surface area contributed by atoms with E-state index in [0.29, 0.717) is 12.1 Å². The molecule has 1 aliphatic heterocycles. The smallest absolute Gasteiger partial charge is 0.267 e. The number of nitrogens with one attached hydrogen (secondary N) is 1. The number of hydrogen-bond acceptors (Lipinski definition) is 4. The zero-order valence-corrected chi connectivity index (χ0v) is 13.9. The predicted octanol–water partition coefficient (Wildman–Crippen LogP) is 1.89. The summed E-state index contributed by atoms with van der Waals surface area (Å²) < 4.78 is 0. The lowest BCUT2D eigenvalue weighted by Gasteiger charge is -2.18. The third-order valence-electron chi connectivity index (χ3n) is 4.97. The van der Waals surface area contributed by atoms with Gasteiger partial charge in [-0.2, -0.15) is 5.10 Å². The van der Waals surface area contributed by atoms with Gasteiger partial charge in [0.05, 0.1) is 11.4 Å². The molecule has 0 spiro atoms. The molecule has 1 saturated heterocycles. The highest BCUT2D eigenvalue weighted by Gasteiger charge is 2.30. The number of nitrogens with zero attached hydrogens (tertiary/aromatic N) is 2. The lowest BCUT2D eigenvalue weighted by molar-refractivity contribution is -0.121. The first-order valence-corrected chi connectivity index (χ1v) is 8.67. The van der Waals surface area contributed by atoms with Crippen LogP contribution in [0.15, 0.2) is 29.1 Å². The fraction of sp³-hybridized carbons (Fsp3) is 0.368. The highest BCUT2D eigenvalue weighted by Crippen LogP contribution is 2.26. The molecule has 25 heavy (non-hydrogen) atoms. The summed E-state index contributed by atoms with van der Waals surface area (Å²) >= 11 is 0. The van der Waals surface area contributed by atoms with E-state index in [4.69, 9.17) is 0 Å². The van der Waals surface area contributed by atoms with Crippen LogP contribution in [0.4, 0.5) is 5.69 Å². The molecular weight excluding hydrogens is 318 g/mol. The molecule has 4 rings (SSSR count). The molecule has 1 N–H and O–H groups in total. The Balaban J connectivity index is 1.66. The average molecular weight is 337 g/mol. The number of amides is 2. The van der Waals surface area contributed by atoms with Gasteiger partial charge in [0.25, 0.3) is 5.56 Å². The molecule has 128 valence electrons. The van der Waals surface area contributed by atoms with Crippen LogP contribution in [0.1, 0.15) is 48.1 Å². The number of imide groups is 1. The van der Waals surface area contributed by atoms with Gasteiger partial charge in [0.15, 0.2) is 0 Å². The first-order valence-electron chi connectivity index (χ1n) is 8.67. The summed E-state index contributed by atoms with van der Waals surface area (Å²) in [6, 6.07) is 7.45. The molecule has 1 aromatic heterocycles. The van der Waals surface area contributed by atoms with Crippen molar-refractivity contribution in [3.05, 3.63) is 57.0 Å². The number of aromatic nitrogens is 2. The van der Waals surface area contributed by atoms with Crippen LogP contribution >= 0.6 is 0 Å². The number of fused-ring (bicyclic) bond motifs is 1. The third kappa shape index (κ3) is 2.88. The monoisotopic (exact) mass is 337 g/mol. The highest BCUT2D eigenvalue weighted by molar-refractivity contribution is 6.19. The number of carbonyl (C=O) groups is 2. The average Bonchev–Trinajstić information content (AvgIpc) is 2.96. The Hall–Kier alpha value is -2.76. The van der Waals surface area contributed by atoms with E-state index in [-0.39, 0.29) is 30.2 Å². The zero-order valence-electron chi connectivity index (χ0n) is 13.9. The van der Waals surface area contributed by atoms with Gasteiger partial charge in [-0.05, 0) is 48.9 Å². The number of hydrogen-bond donors (Lipinski definition) is 1. The van der Waals surface area contributed by atoms with E-state index in [1.54, 1.807) is 6.07 Å². The summed E-state index contributed by atoms with van der Waals surface area (Å²) in [7, 11) is 0. The maximum atomic E-state index is 12.0. The Morgan fingerprint density at radius 2 is 1.68 bits per heavy atom. The number of benzene rings is 1. The Labute approximate surface area is 144 Å². The fourth-order valence-corrected chi connectivity index (χ4v) is 3.74. The summed E-state index contributed by atoms with van der Waals surface area (Å²) in [6.45, 7) is 0. The van der Waals surface area contributed by atoms with E-state index in [0.717, 1.165) is 48.1 Å². The first kappa shape index (κ1) is 15.7. The van der Waals surface area contributed by atoms with Crippen molar-refractivity contribution >= 4 is 17.5 Å². The van der Waals surface area contributed by atoms with Crippen LogP contribution in [0.5, 0.6) is 0 Å². The van der Waals surface area contributed by atoms with Gasteiger partial charge in [0.2, 0.25) is 11.8 Å². The van der Waals surface area contributed by atoms with E-state index >= 15 is 0 Å². The minimum absolute atomic E-state index is 0.0829. The van der Waals surface area contributed by atoms with Crippen LogP contribution in [0.3, 0.4) is 0 Å². The molecule has 1 aromatic carbocycles. The summed E-state index contributed by atoms with van der Waals surface area (Å²) in [6.07, 6.45) is 4.91. The standard InChI is InChI=1S/C19H19N3O3/c23-17-8-9-18(24)22(17)13-5-3-4-12(10-13)11-16-14-6-1-2-7-15(14)19(25)21-20-16/h3-5,10H,1-2,6-9,11H2,(H,21,25). The molecule has 1 fully saturated rings. The number of H-pyrrole nitrogens is 1. The second kappa shape index (κ2) is 6.27. The lowest BCUT2D eigenvalue weighted by atomic mass is 9.90.